The number of thiazole rings is 1. The molecule has 0 bridgehead atoms. The Morgan fingerprint density at radius 2 is 2.04 bits per heavy atom. The number of aromatic nitrogens is 3. The lowest BCUT2D eigenvalue weighted by atomic mass is 10.2. The van der Waals surface area contributed by atoms with E-state index in [1.165, 1.54) is 11.3 Å². The average molecular weight is 408 g/mol. The Morgan fingerprint density at radius 3 is 2.74 bits per heavy atom. The number of carbonyl (C=O) groups excluding carboxylic acids is 1. The lowest BCUT2D eigenvalue weighted by Crippen LogP contribution is -2.10. The van der Waals surface area contributed by atoms with Crippen LogP contribution in [0.5, 0.6) is 0 Å². The third kappa shape index (κ3) is 5.09. The molecule has 3 rings (SSSR count). The van der Waals surface area contributed by atoms with Crippen molar-refractivity contribution in [3.63, 3.8) is 0 Å². The van der Waals surface area contributed by atoms with Crippen LogP contribution in [0.15, 0.2) is 30.5 Å². The molecule has 8 heteroatoms. The first-order chi connectivity index (χ1) is 12.9. The van der Waals surface area contributed by atoms with E-state index >= 15 is 0 Å². The highest BCUT2D eigenvalue weighted by molar-refractivity contribution is 8.32. The largest absolute Gasteiger partial charge is 0.462 e. The highest BCUT2D eigenvalue weighted by Gasteiger charge is 2.22. The van der Waals surface area contributed by atoms with Crippen LogP contribution < -0.4 is 0 Å². The fraction of sp³-hybridized carbons (Fsp3) is 0.421. The van der Waals surface area contributed by atoms with Crippen molar-refractivity contribution < 1.29 is 14.3 Å². The number of esters is 1. The first kappa shape index (κ1) is 19.9. The van der Waals surface area contributed by atoms with Crippen LogP contribution in [0.25, 0.3) is 20.9 Å². The van der Waals surface area contributed by atoms with Gasteiger partial charge in [-0.3, -0.25) is 0 Å². The Labute approximate surface area is 164 Å². The molecule has 0 unspecified atom stereocenters. The zero-order chi connectivity index (χ0) is 19.4. The molecule has 0 spiro atoms. The summed E-state index contributed by atoms with van der Waals surface area (Å²) in [6, 6.07) is 7.88. The molecule has 0 radical (unpaired) electrons. The van der Waals surface area contributed by atoms with Crippen molar-refractivity contribution in [3.8, 4) is 10.7 Å². The van der Waals surface area contributed by atoms with Gasteiger partial charge >= 0.3 is 5.97 Å². The number of para-hydroxylation sites is 1. The summed E-state index contributed by atoms with van der Waals surface area (Å²) in [5, 5.41) is 5.26. The highest BCUT2D eigenvalue weighted by Crippen LogP contribution is 2.34. The molecule has 0 atom stereocenters. The summed E-state index contributed by atoms with van der Waals surface area (Å²) >= 11 is 1.51. The minimum Gasteiger partial charge on any atom is -0.462 e. The van der Waals surface area contributed by atoms with Crippen LogP contribution in [0, 0.1) is 0 Å². The topological polar surface area (TPSA) is 66.2 Å². The van der Waals surface area contributed by atoms with E-state index in [9.17, 15) is 4.79 Å². The van der Waals surface area contributed by atoms with E-state index in [0.29, 0.717) is 36.2 Å². The molecule has 27 heavy (non-hydrogen) atoms. The summed E-state index contributed by atoms with van der Waals surface area (Å²) in [6.07, 6.45) is 8.46. The molecule has 0 saturated heterocycles. The SMILES string of the molecule is CCOC(=O)c1cn(COCCS(C)(C)C)nc1-c1nc2ccccc2s1. The van der Waals surface area contributed by atoms with Crippen LogP contribution in [0.2, 0.25) is 0 Å². The van der Waals surface area contributed by atoms with Gasteiger partial charge in [-0.2, -0.15) is 5.10 Å². The zero-order valence-corrected chi connectivity index (χ0v) is 17.7. The minimum atomic E-state index is -0.597. The lowest BCUT2D eigenvalue weighted by molar-refractivity contribution is 0.0525. The molecule has 0 saturated carbocycles. The summed E-state index contributed by atoms with van der Waals surface area (Å²) in [7, 11) is -0.597. The Morgan fingerprint density at radius 1 is 1.26 bits per heavy atom. The fourth-order valence-corrected chi connectivity index (χ4v) is 4.03. The van der Waals surface area contributed by atoms with E-state index in [0.717, 1.165) is 16.0 Å². The van der Waals surface area contributed by atoms with Gasteiger partial charge in [0.25, 0.3) is 0 Å². The summed E-state index contributed by atoms with van der Waals surface area (Å²) in [5.74, 6) is 0.640. The van der Waals surface area contributed by atoms with Crippen LogP contribution in [0.1, 0.15) is 17.3 Å². The van der Waals surface area contributed by atoms with Gasteiger partial charge in [0.2, 0.25) is 0 Å². The number of rotatable bonds is 8. The van der Waals surface area contributed by atoms with Gasteiger partial charge in [-0.15, -0.1) is 11.3 Å². The van der Waals surface area contributed by atoms with Crippen LogP contribution >= 0.6 is 21.4 Å². The van der Waals surface area contributed by atoms with Crippen LogP contribution in [-0.4, -0.2) is 58.5 Å². The predicted octanol–water partition coefficient (Wildman–Crippen LogP) is 4.00. The maximum absolute atomic E-state index is 12.4. The number of ether oxygens (including phenoxy) is 2. The Hall–Kier alpha value is -1.90. The number of hydrogen-bond donors (Lipinski definition) is 0. The molecule has 0 aliphatic carbocycles. The number of hydrogen-bond acceptors (Lipinski definition) is 6. The number of carbonyl (C=O) groups is 1. The van der Waals surface area contributed by atoms with E-state index in [1.807, 2.05) is 24.3 Å². The molecule has 0 aliphatic rings. The van der Waals surface area contributed by atoms with Crippen LogP contribution in [0.4, 0.5) is 0 Å². The summed E-state index contributed by atoms with van der Waals surface area (Å²) in [6.45, 7) is 3.07. The minimum absolute atomic E-state index is 0.298. The summed E-state index contributed by atoms with van der Waals surface area (Å²) in [4.78, 5) is 17.0. The van der Waals surface area contributed by atoms with Gasteiger partial charge < -0.3 is 9.47 Å². The van der Waals surface area contributed by atoms with Gasteiger partial charge in [-0.1, -0.05) is 12.1 Å². The van der Waals surface area contributed by atoms with Gasteiger partial charge in [0, 0.05) is 11.9 Å². The van der Waals surface area contributed by atoms with Crippen molar-refractivity contribution in [1.29, 1.82) is 0 Å². The van der Waals surface area contributed by atoms with Crippen molar-refractivity contribution in [1.82, 2.24) is 14.8 Å². The lowest BCUT2D eigenvalue weighted by Gasteiger charge is -2.24. The first-order valence-electron chi connectivity index (χ1n) is 8.71. The molecule has 0 fully saturated rings. The van der Waals surface area contributed by atoms with Crippen LogP contribution in [-0.2, 0) is 16.2 Å². The molecule has 146 valence electrons. The third-order valence-electron chi connectivity index (χ3n) is 3.82. The second-order valence-corrected chi connectivity index (χ2v) is 12.6. The molecule has 2 heterocycles. The second-order valence-electron chi connectivity index (χ2n) is 6.97. The normalized spacial score (nSPS) is 12.4. The predicted molar refractivity (Wildman–Crippen MR) is 113 cm³/mol. The summed E-state index contributed by atoms with van der Waals surface area (Å²) in [5.41, 5.74) is 1.85. The molecule has 0 N–H and O–H groups in total. The van der Waals surface area contributed by atoms with Gasteiger partial charge in [0.05, 0.1) is 23.4 Å². The van der Waals surface area contributed by atoms with Crippen molar-refractivity contribution in [2.45, 2.75) is 13.7 Å². The highest BCUT2D eigenvalue weighted by atomic mass is 32.3. The summed E-state index contributed by atoms with van der Waals surface area (Å²) < 4.78 is 13.6. The Kier molecular flexibility index (Phi) is 6.18. The first-order valence-corrected chi connectivity index (χ1v) is 12.6. The molecule has 3 aromatic rings. The van der Waals surface area contributed by atoms with E-state index in [4.69, 9.17) is 9.47 Å². The fourth-order valence-electron chi connectivity index (χ4n) is 2.44. The van der Waals surface area contributed by atoms with Gasteiger partial charge in [0.15, 0.2) is 0 Å². The smallest absolute Gasteiger partial charge is 0.342 e. The van der Waals surface area contributed by atoms with Gasteiger partial charge in [0.1, 0.15) is 23.0 Å². The van der Waals surface area contributed by atoms with Gasteiger partial charge in [-0.25, -0.2) is 24.5 Å². The number of benzene rings is 1. The van der Waals surface area contributed by atoms with E-state index in [2.05, 4.69) is 28.8 Å². The molecule has 6 nitrogen and oxygen atoms in total. The molecule has 2 aromatic heterocycles. The Balaban J connectivity index is 1.84. The van der Waals surface area contributed by atoms with E-state index < -0.39 is 16.0 Å². The third-order valence-corrected chi connectivity index (χ3v) is 6.25. The van der Waals surface area contributed by atoms with Crippen molar-refractivity contribution in [3.05, 3.63) is 36.0 Å². The van der Waals surface area contributed by atoms with Crippen molar-refractivity contribution in [2.24, 2.45) is 0 Å². The van der Waals surface area contributed by atoms with E-state index in [-0.39, 0.29) is 0 Å². The Bertz CT molecular complexity index is 895. The van der Waals surface area contributed by atoms with Crippen molar-refractivity contribution >= 4 is 37.6 Å². The monoisotopic (exact) mass is 407 g/mol. The van der Waals surface area contributed by atoms with Crippen molar-refractivity contribution in [2.75, 3.05) is 37.7 Å². The molecule has 0 amide bonds. The number of nitrogens with zero attached hydrogens (tertiary/aromatic N) is 3. The average Bonchev–Trinajstić information content (AvgIpc) is 3.22. The zero-order valence-electron chi connectivity index (χ0n) is 16.1. The van der Waals surface area contributed by atoms with Gasteiger partial charge in [-0.05, 0) is 37.8 Å². The maximum atomic E-state index is 12.4. The maximum Gasteiger partial charge on any atom is 0.342 e. The molecule has 0 aliphatic heterocycles. The molecular formula is C19H25N3O3S2. The second kappa shape index (κ2) is 8.41. The van der Waals surface area contributed by atoms with Crippen LogP contribution in [0.3, 0.4) is 0 Å². The standard InChI is InChI=1S/C19H25N3O3S2/c1-5-25-19(23)14-12-22(13-24-10-11-27(2,3)4)21-17(14)18-20-15-8-6-7-9-16(15)26-18/h6-9,12H,5,10-11,13H2,1-4H3. The quantitative estimate of drug-likeness (QED) is 0.417. The van der Waals surface area contributed by atoms with E-state index in [1.54, 1.807) is 17.8 Å². The molecular weight excluding hydrogens is 382 g/mol. The number of fused-ring (bicyclic) bond motifs is 1. The molecule has 1 aromatic carbocycles.